The van der Waals surface area contributed by atoms with Gasteiger partial charge in [0.05, 0.1) is 18.4 Å². The van der Waals surface area contributed by atoms with Gasteiger partial charge in [0.2, 0.25) is 0 Å². The minimum Gasteiger partial charge on any atom is -0.489 e. The number of aliphatic carboxylic acids is 1. The van der Waals surface area contributed by atoms with Crippen LogP contribution in [0.5, 0.6) is 5.75 Å². The molecule has 0 bridgehead atoms. The summed E-state index contributed by atoms with van der Waals surface area (Å²) in [5, 5.41) is 12.0. The van der Waals surface area contributed by atoms with Gasteiger partial charge in [-0.2, -0.15) is 13.2 Å². The number of rotatable bonds is 5. The van der Waals surface area contributed by atoms with Crippen molar-refractivity contribution in [3.8, 4) is 5.75 Å². The van der Waals surface area contributed by atoms with Gasteiger partial charge in [-0.25, -0.2) is 4.79 Å². The molecule has 2 rings (SSSR count). The van der Waals surface area contributed by atoms with E-state index in [1.165, 1.54) is 0 Å². The fourth-order valence-electron chi connectivity index (χ4n) is 2.68. The lowest BCUT2D eigenvalue weighted by molar-refractivity contribution is -0.187. The zero-order valence-electron chi connectivity index (χ0n) is 13.8. The second kappa shape index (κ2) is 8.03. The van der Waals surface area contributed by atoms with Crippen molar-refractivity contribution in [1.82, 2.24) is 10.2 Å². The molecule has 10 heteroatoms. The molecule has 1 aromatic rings. The Bertz CT molecular complexity index is 654. The van der Waals surface area contributed by atoms with Crippen molar-refractivity contribution in [3.05, 3.63) is 29.3 Å². The van der Waals surface area contributed by atoms with E-state index < -0.39 is 49.2 Å². The molecule has 1 aliphatic rings. The number of urea groups is 1. The van der Waals surface area contributed by atoms with Crippen LogP contribution in [-0.2, 0) is 4.79 Å². The van der Waals surface area contributed by atoms with Crippen LogP contribution < -0.4 is 10.1 Å². The highest BCUT2D eigenvalue weighted by atomic mass is 35.5. The summed E-state index contributed by atoms with van der Waals surface area (Å²) in [6.07, 6.45) is -5.13. The summed E-state index contributed by atoms with van der Waals surface area (Å²) in [6.45, 7) is 0.556. The Morgan fingerprint density at radius 2 is 1.96 bits per heavy atom. The molecule has 0 spiro atoms. The highest BCUT2D eigenvalue weighted by Gasteiger charge is 2.53. The number of likely N-dealkylation sites (tertiary alicyclic amines) is 1. The lowest BCUT2D eigenvalue weighted by Gasteiger charge is -2.20. The molecule has 144 valence electrons. The molecule has 0 saturated carbocycles. The van der Waals surface area contributed by atoms with Gasteiger partial charge >= 0.3 is 18.2 Å². The topological polar surface area (TPSA) is 78.9 Å². The normalized spacial score (nSPS) is 21.3. The number of alkyl halides is 3. The Labute approximate surface area is 152 Å². The van der Waals surface area contributed by atoms with Crippen molar-refractivity contribution in [2.75, 3.05) is 19.6 Å². The Kier molecular flexibility index (Phi) is 6.22. The standard InChI is InChI=1S/C16H18ClF3N2O4/c1-9(26-11-4-2-10(17)3-5-11)6-21-15(25)22-7-12(14(23)24)13(8-22)16(18,19)20/h2-5,9,12-13H,6-8H2,1H3,(H,21,25)(H,23,24)/t9?,12-,13-/m1/s1. The molecule has 0 aromatic heterocycles. The lowest BCUT2D eigenvalue weighted by atomic mass is 9.96. The maximum Gasteiger partial charge on any atom is 0.394 e. The van der Waals surface area contributed by atoms with Crippen LogP contribution >= 0.6 is 11.6 Å². The van der Waals surface area contributed by atoms with E-state index in [9.17, 15) is 22.8 Å². The average Bonchev–Trinajstić information content (AvgIpc) is 3.01. The third-order valence-electron chi connectivity index (χ3n) is 4.04. The van der Waals surface area contributed by atoms with E-state index in [1.54, 1.807) is 31.2 Å². The minimum atomic E-state index is -4.68. The van der Waals surface area contributed by atoms with Gasteiger partial charge in [0.15, 0.2) is 0 Å². The third kappa shape index (κ3) is 5.17. The average molecular weight is 395 g/mol. The van der Waals surface area contributed by atoms with Gasteiger partial charge in [0.1, 0.15) is 11.9 Å². The first-order valence-corrected chi connectivity index (χ1v) is 8.20. The summed E-state index contributed by atoms with van der Waals surface area (Å²) in [6, 6.07) is 5.80. The summed E-state index contributed by atoms with van der Waals surface area (Å²) in [5.41, 5.74) is 0. The summed E-state index contributed by atoms with van der Waals surface area (Å²) < 4.78 is 44.4. The number of carboxylic acid groups (broad SMARTS) is 1. The van der Waals surface area contributed by atoms with E-state index in [4.69, 9.17) is 21.4 Å². The second-order valence-electron chi connectivity index (χ2n) is 6.07. The number of carboxylic acids is 1. The lowest BCUT2D eigenvalue weighted by Crippen LogP contribution is -2.43. The molecule has 1 aromatic carbocycles. The zero-order chi connectivity index (χ0) is 19.5. The Morgan fingerprint density at radius 1 is 1.35 bits per heavy atom. The molecule has 0 radical (unpaired) electrons. The van der Waals surface area contributed by atoms with Crippen LogP contribution in [0.4, 0.5) is 18.0 Å². The number of benzene rings is 1. The molecule has 2 amide bonds. The van der Waals surface area contributed by atoms with Crippen LogP contribution in [0.3, 0.4) is 0 Å². The SMILES string of the molecule is CC(CNC(=O)N1C[C@@H](C(F)(F)F)[C@H](C(=O)O)C1)Oc1ccc(Cl)cc1. The van der Waals surface area contributed by atoms with Crippen molar-refractivity contribution in [2.24, 2.45) is 11.8 Å². The largest absolute Gasteiger partial charge is 0.489 e. The summed E-state index contributed by atoms with van der Waals surface area (Å²) >= 11 is 5.76. The Morgan fingerprint density at radius 3 is 2.46 bits per heavy atom. The third-order valence-corrected chi connectivity index (χ3v) is 4.29. The van der Waals surface area contributed by atoms with E-state index in [1.807, 2.05) is 0 Å². The van der Waals surface area contributed by atoms with Gasteiger partial charge in [-0.1, -0.05) is 11.6 Å². The van der Waals surface area contributed by atoms with E-state index in [0.717, 1.165) is 4.90 Å². The van der Waals surface area contributed by atoms with Crippen molar-refractivity contribution in [2.45, 2.75) is 19.2 Å². The van der Waals surface area contributed by atoms with Gasteiger partial charge in [0.25, 0.3) is 0 Å². The first-order valence-electron chi connectivity index (χ1n) is 7.82. The van der Waals surface area contributed by atoms with Gasteiger partial charge in [-0.3, -0.25) is 4.79 Å². The van der Waals surface area contributed by atoms with Gasteiger partial charge < -0.3 is 20.1 Å². The maximum atomic E-state index is 12.9. The summed E-state index contributed by atoms with van der Waals surface area (Å²) in [4.78, 5) is 24.0. The molecule has 1 saturated heterocycles. The number of amides is 2. The molecule has 1 unspecified atom stereocenters. The van der Waals surface area contributed by atoms with E-state index in [0.29, 0.717) is 10.8 Å². The summed E-state index contributed by atoms with van der Waals surface area (Å²) in [7, 11) is 0. The molecule has 1 heterocycles. The van der Waals surface area contributed by atoms with Crippen molar-refractivity contribution in [3.63, 3.8) is 0 Å². The van der Waals surface area contributed by atoms with Crippen molar-refractivity contribution < 1.29 is 32.6 Å². The number of halogens is 4. The van der Waals surface area contributed by atoms with Crippen LogP contribution in [0.15, 0.2) is 24.3 Å². The van der Waals surface area contributed by atoms with Crippen molar-refractivity contribution >= 4 is 23.6 Å². The fraction of sp³-hybridized carbons (Fsp3) is 0.500. The highest BCUT2D eigenvalue weighted by molar-refractivity contribution is 6.30. The predicted molar refractivity (Wildman–Crippen MR) is 87.2 cm³/mol. The molecule has 6 nitrogen and oxygen atoms in total. The molecule has 1 fully saturated rings. The second-order valence-corrected chi connectivity index (χ2v) is 6.50. The van der Waals surface area contributed by atoms with Gasteiger partial charge in [0, 0.05) is 18.1 Å². The maximum absolute atomic E-state index is 12.9. The first-order chi connectivity index (χ1) is 12.1. The predicted octanol–water partition coefficient (Wildman–Crippen LogP) is 3.01. The van der Waals surface area contributed by atoms with Gasteiger partial charge in [-0.15, -0.1) is 0 Å². The number of ether oxygens (including phenoxy) is 1. The molecule has 1 aliphatic heterocycles. The molecule has 26 heavy (non-hydrogen) atoms. The van der Waals surface area contributed by atoms with Gasteiger partial charge in [-0.05, 0) is 31.2 Å². The highest BCUT2D eigenvalue weighted by Crippen LogP contribution is 2.37. The monoisotopic (exact) mass is 394 g/mol. The zero-order valence-corrected chi connectivity index (χ0v) is 14.5. The van der Waals surface area contributed by atoms with Crippen LogP contribution in [-0.4, -0.2) is 53.9 Å². The quantitative estimate of drug-likeness (QED) is 0.804. The Balaban J connectivity index is 1.87. The molecular weight excluding hydrogens is 377 g/mol. The number of hydrogen-bond acceptors (Lipinski definition) is 3. The molecule has 0 aliphatic carbocycles. The van der Waals surface area contributed by atoms with Crippen LogP contribution in [0.25, 0.3) is 0 Å². The molecule has 3 atom stereocenters. The van der Waals surface area contributed by atoms with E-state index >= 15 is 0 Å². The first kappa shape index (κ1) is 20.2. The molecular formula is C16H18ClF3N2O4. The van der Waals surface area contributed by atoms with E-state index in [2.05, 4.69) is 5.32 Å². The number of nitrogens with one attached hydrogen (secondary N) is 1. The Hall–Kier alpha value is -2.16. The number of carbonyl (C=O) groups is 2. The number of hydrogen-bond donors (Lipinski definition) is 2. The van der Waals surface area contributed by atoms with Crippen LogP contribution in [0.1, 0.15) is 6.92 Å². The van der Waals surface area contributed by atoms with Crippen LogP contribution in [0.2, 0.25) is 5.02 Å². The number of nitrogens with zero attached hydrogens (tertiary/aromatic N) is 1. The smallest absolute Gasteiger partial charge is 0.394 e. The van der Waals surface area contributed by atoms with E-state index in [-0.39, 0.29) is 6.54 Å². The minimum absolute atomic E-state index is 0.0480. The summed E-state index contributed by atoms with van der Waals surface area (Å²) in [5.74, 6) is -4.78. The fourth-order valence-corrected chi connectivity index (χ4v) is 2.81. The van der Waals surface area contributed by atoms with Crippen molar-refractivity contribution in [1.29, 1.82) is 0 Å². The van der Waals surface area contributed by atoms with Crippen LogP contribution in [0, 0.1) is 11.8 Å². The molecule has 2 N–H and O–H groups in total. The number of carbonyl (C=O) groups excluding carboxylic acids is 1.